The zero-order chi connectivity index (χ0) is 21.1. The van der Waals surface area contributed by atoms with Crippen molar-refractivity contribution in [1.29, 1.82) is 5.26 Å². The molecule has 0 spiro atoms. The second-order valence-corrected chi connectivity index (χ2v) is 9.73. The molecule has 0 saturated heterocycles. The van der Waals surface area contributed by atoms with Gasteiger partial charge in [0.15, 0.2) is 0 Å². The Morgan fingerprint density at radius 3 is 2.50 bits per heavy atom. The predicted molar refractivity (Wildman–Crippen MR) is 118 cm³/mol. The second-order valence-electron chi connectivity index (χ2n) is 9.73. The Kier molecular flexibility index (Phi) is 6.71. The number of unbranched alkanes of at least 4 members (excludes halogenated alkanes) is 3. The van der Waals surface area contributed by atoms with Gasteiger partial charge in [-0.1, -0.05) is 51.5 Å². The van der Waals surface area contributed by atoms with E-state index in [1.165, 1.54) is 69.9 Å². The molecule has 0 radical (unpaired) electrons. The smallest absolute Gasteiger partial charge is 0.141 e. The number of nitriles is 1. The zero-order valence-corrected chi connectivity index (χ0v) is 18.1. The van der Waals surface area contributed by atoms with Crippen molar-refractivity contribution in [3.05, 3.63) is 47.0 Å². The van der Waals surface area contributed by atoms with Crippen LogP contribution in [0, 0.1) is 40.7 Å². The molecule has 30 heavy (non-hydrogen) atoms. The van der Waals surface area contributed by atoms with Gasteiger partial charge < -0.3 is 0 Å². The van der Waals surface area contributed by atoms with E-state index in [1.54, 1.807) is 12.1 Å². The first-order chi connectivity index (χ1) is 14.6. The van der Waals surface area contributed by atoms with Crippen molar-refractivity contribution in [2.45, 2.75) is 83.5 Å². The van der Waals surface area contributed by atoms with Crippen LogP contribution in [0.4, 0.5) is 8.78 Å². The molecule has 4 rings (SSSR count). The molecule has 3 heteroatoms. The average Bonchev–Trinajstić information content (AvgIpc) is 2.75. The van der Waals surface area contributed by atoms with Crippen LogP contribution >= 0.6 is 0 Å². The van der Waals surface area contributed by atoms with Crippen LogP contribution in [0.25, 0.3) is 10.8 Å². The summed E-state index contributed by atoms with van der Waals surface area (Å²) in [5.74, 6) is 1.97. The van der Waals surface area contributed by atoms with Gasteiger partial charge in [0.1, 0.15) is 17.7 Å². The van der Waals surface area contributed by atoms with Crippen LogP contribution in [0.3, 0.4) is 0 Å². The summed E-state index contributed by atoms with van der Waals surface area (Å²) in [5, 5.41) is 9.93. The molecule has 2 aromatic carbocycles. The predicted octanol–water partition coefficient (Wildman–Crippen LogP) is 8.26. The van der Waals surface area contributed by atoms with Crippen molar-refractivity contribution >= 4 is 10.8 Å². The quantitative estimate of drug-likeness (QED) is 0.440. The van der Waals surface area contributed by atoms with E-state index in [0.29, 0.717) is 16.7 Å². The second kappa shape index (κ2) is 9.46. The van der Waals surface area contributed by atoms with Gasteiger partial charge in [-0.05, 0) is 84.9 Å². The van der Waals surface area contributed by atoms with Gasteiger partial charge in [-0.2, -0.15) is 5.26 Å². The van der Waals surface area contributed by atoms with Crippen molar-refractivity contribution in [3.63, 3.8) is 0 Å². The van der Waals surface area contributed by atoms with Gasteiger partial charge in [-0.15, -0.1) is 0 Å². The van der Waals surface area contributed by atoms with E-state index < -0.39 is 5.82 Å². The molecular formula is C27H33F2N. The fourth-order valence-corrected chi connectivity index (χ4v) is 6.09. The van der Waals surface area contributed by atoms with Gasteiger partial charge in [-0.25, -0.2) is 8.78 Å². The molecule has 2 aliphatic carbocycles. The molecule has 4 atom stereocenters. The lowest BCUT2D eigenvalue weighted by Crippen LogP contribution is -2.30. The standard InChI is InChI=1S/C27H33F2N/c1-2-3-4-5-6-18-7-8-20-12-21(10-9-19(20)11-18)22-13-23-16-26(28)24(17-30)14-25(23)27(29)15-22/h13-16,18-21H,2-12H2,1H3. The summed E-state index contributed by atoms with van der Waals surface area (Å²) in [7, 11) is 0. The first kappa shape index (κ1) is 21.3. The van der Waals surface area contributed by atoms with Crippen LogP contribution in [0.1, 0.15) is 94.6 Å². The maximum atomic E-state index is 14.8. The first-order valence-corrected chi connectivity index (χ1v) is 11.9. The van der Waals surface area contributed by atoms with E-state index in [0.717, 1.165) is 36.2 Å². The highest BCUT2D eigenvalue weighted by Gasteiger charge is 2.36. The molecule has 0 aliphatic heterocycles. The fraction of sp³-hybridized carbons (Fsp3) is 0.593. The first-order valence-electron chi connectivity index (χ1n) is 11.9. The highest BCUT2D eigenvalue weighted by atomic mass is 19.1. The van der Waals surface area contributed by atoms with Crippen molar-refractivity contribution in [3.8, 4) is 6.07 Å². The molecule has 2 fully saturated rings. The molecule has 4 unspecified atom stereocenters. The number of hydrogen-bond acceptors (Lipinski definition) is 1. The molecule has 1 nitrogen and oxygen atoms in total. The summed E-state index contributed by atoms with van der Waals surface area (Å²) in [6, 6.07) is 8.04. The highest BCUT2D eigenvalue weighted by molar-refractivity contribution is 5.85. The van der Waals surface area contributed by atoms with E-state index >= 15 is 0 Å². The van der Waals surface area contributed by atoms with Gasteiger partial charge in [0.2, 0.25) is 0 Å². The van der Waals surface area contributed by atoms with Crippen LogP contribution in [0.2, 0.25) is 0 Å². The van der Waals surface area contributed by atoms with E-state index in [4.69, 9.17) is 5.26 Å². The Balaban J connectivity index is 1.43. The monoisotopic (exact) mass is 409 g/mol. The van der Waals surface area contributed by atoms with E-state index in [2.05, 4.69) is 6.92 Å². The largest absolute Gasteiger partial charge is 0.206 e. The molecule has 0 aromatic heterocycles. The minimum Gasteiger partial charge on any atom is -0.206 e. The van der Waals surface area contributed by atoms with Crippen LogP contribution in [-0.2, 0) is 0 Å². The lowest BCUT2D eigenvalue weighted by molar-refractivity contribution is 0.113. The summed E-state index contributed by atoms with van der Waals surface area (Å²) >= 11 is 0. The van der Waals surface area contributed by atoms with Gasteiger partial charge in [0, 0.05) is 5.39 Å². The van der Waals surface area contributed by atoms with E-state index in [-0.39, 0.29) is 11.4 Å². The van der Waals surface area contributed by atoms with Crippen molar-refractivity contribution in [1.82, 2.24) is 0 Å². The SMILES string of the molecule is CCCCCCC1CCC2CC(c3cc(F)c4cc(C#N)c(F)cc4c3)CCC2C1. The minimum atomic E-state index is -0.567. The summed E-state index contributed by atoms with van der Waals surface area (Å²) in [5.41, 5.74) is 0.908. The Labute approximate surface area is 179 Å². The summed E-state index contributed by atoms with van der Waals surface area (Å²) in [6.07, 6.45) is 14.4. The van der Waals surface area contributed by atoms with Gasteiger partial charge in [0.05, 0.1) is 5.56 Å². The number of benzene rings is 2. The molecule has 2 saturated carbocycles. The van der Waals surface area contributed by atoms with Gasteiger partial charge in [0.25, 0.3) is 0 Å². The third kappa shape index (κ3) is 4.53. The third-order valence-corrected chi connectivity index (χ3v) is 7.79. The lowest BCUT2D eigenvalue weighted by Gasteiger charge is -2.42. The van der Waals surface area contributed by atoms with E-state index in [9.17, 15) is 8.78 Å². The normalized spacial score (nSPS) is 26.3. The average molecular weight is 410 g/mol. The third-order valence-electron chi connectivity index (χ3n) is 7.79. The molecule has 2 aromatic rings. The summed E-state index contributed by atoms with van der Waals surface area (Å²) in [4.78, 5) is 0. The van der Waals surface area contributed by atoms with Crippen molar-refractivity contribution < 1.29 is 8.78 Å². The highest BCUT2D eigenvalue weighted by Crippen LogP contribution is 2.48. The Morgan fingerprint density at radius 1 is 0.900 bits per heavy atom. The molecule has 0 bridgehead atoms. The molecule has 160 valence electrons. The van der Waals surface area contributed by atoms with Crippen LogP contribution in [0.5, 0.6) is 0 Å². The molecular weight excluding hydrogens is 376 g/mol. The topological polar surface area (TPSA) is 23.8 Å². The Hall–Kier alpha value is -1.95. The summed E-state index contributed by atoms with van der Waals surface area (Å²) in [6.45, 7) is 2.27. The van der Waals surface area contributed by atoms with Gasteiger partial charge in [-0.3, -0.25) is 0 Å². The fourth-order valence-electron chi connectivity index (χ4n) is 6.09. The number of hydrogen-bond donors (Lipinski definition) is 0. The maximum absolute atomic E-state index is 14.8. The number of halogens is 2. The van der Waals surface area contributed by atoms with Crippen molar-refractivity contribution in [2.75, 3.05) is 0 Å². The van der Waals surface area contributed by atoms with Crippen LogP contribution in [-0.4, -0.2) is 0 Å². The van der Waals surface area contributed by atoms with Crippen LogP contribution in [0.15, 0.2) is 24.3 Å². The number of fused-ring (bicyclic) bond motifs is 2. The van der Waals surface area contributed by atoms with Crippen LogP contribution < -0.4 is 0 Å². The summed E-state index contributed by atoms with van der Waals surface area (Å²) < 4.78 is 28.8. The number of nitrogens with zero attached hydrogens (tertiary/aromatic N) is 1. The Morgan fingerprint density at radius 2 is 1.70 bits per heavy atom. The van der Waals surface area contributed by atoms with E-state index in [1.807, 2.05) is 6.07 Å². The maximum Gasteiger partial charge on any atom is 0.141 e. The zero-order valence-electron chi connectivity index (χ0n) is 18.1. The molecule has 2 aliphatic rings. The number of rotatable bonds is 6. The Bertz CT molecular complexity index is 929. The van der Waals surface area contributed by atoms with Gasteiger partial charge >= 0.3 is 0 Å². The molecule has 0 N–H and O–H groups in total. The lowest BCUT2D eigenvalue weighted by atomic mass is 9.63. The van der Waals surface area contributed by atoms with Crippen molar-refractivity contribution in [2.24, 2.45) is 17.8 Å². The molecule has 0 heterocycles. The molecule has 0 amide bonds. The minimum absolute atomic E-state index is 0.0962.